The van der Waals surface area contributed by atoms with Gasteiger partial charge in [0.1, 0.15) is 0 Å². The zero-order valence-electron chi connectivity index (χ0n) is 9.07. The van der Waals surface area contributed by atoms with E-state index >= 15 is 0 Å². The highest BCUT2D eigenvalue weighted by atomic mass is 32.2. The Hall–Kier alpha value is -0.0900. The average molecular weight is 219 g/mol. The summed E-state index contributed by atoms with van der Waals surface area (Å²) in [6, 6.07) is 0. The van der Waals surface area contributed by atoms with Gasteiger partial charge in [0.2, 0.25) is 10.0 Å². The average Bonchev–Trinajstić information content (AvgIpc) is 2.01. The monoisotopic (exact) mass is 219 g/mol. The van der Waals surface area contributed by atoms with Gasteiger partial charge in [-0.15, -0.1) is 0 Å². The molecule has 2 atom stereocenters. The summed E-state index contributed by atoms with van der Waals surface area (Å²) in [4.78, 5) is 0. The van der Waals surface area contributed by atoms with Crippen LogP contribution in [-0.4, -0.2) is 13.7 Å². The molecular weight excluding hydrogens is 198 g/mol. The number of nitrogens with two attached hydrogens (primary N) is 1. The molecule has 0 spiro atoms. The molecule has 0 aromatic rings. The molecule has 1 rings (SSSR count). The van der Waals surface area contributed by atoms with Gasteiger partial charge in [-0.3, -0.25) is 0 Å². The van der Waals surface area contributed by atoms with Crippen LogP contribution < -0.4 is 5.14 Å². The number of hydrogen-bond donors (Lipinski definition) is 1. The van der Waals surface area contributed by atoms with Gasteiger partial charge in [0.15, 0.2) is 0 Å². The van der Waals surface area contributed by atoms with Crippen molar-refractivity contribution in [1.29, 1.82) is 0 Å². The maximum atomic E-state index is 11.2. The summed E-state index contributed by atoms with van der Waals surface area (Å²) < 4.78 is 22.4. The largest absolute Gasteiger partial charge is 0.228 e. The molecule has 1 saturated carbocycles. The lowest BCUT2D eigenvalue weighted by molar-refractivity contribution is 0.305. The summed E-state index contributed by atoms with van der Waals surface area (Å²) in [5.41, 5.74) is 0. The van der Waals surface area contributed by atoms with Crippen LogP contribution in [0.2, 0.25) is 0 Å². The molecule has 1 fully saturated rings. The van der Waals surface area contributed by atoms with Crippen LogP contribution in [-0.2, 0) is 10.0 Å². The van der Waals surface area contributed by atoms with Crippen LogP contribution in [0, 0.1) is 11.8 Å². The van der Waals surface area contributed by atoms with Crippen molar-refractivity contribution < 1.29 is 8.42 Å². The van der Waals surface area contributed by atoms with Gasteiger partial charge in [0, 0.05) is 0 Å². The first-order valence-corrected chi connectivity index (χ1v) is 7.02. The second kappa shape index (κ2) is 4.62. The fraction of sp³-hybridized carbons (Fsp3) is 1.00. The molecule has 0 aromatic heterocycles. The Labute approximate surface area is 87.1 Å². The minimum absolute atomic E-state index is 0.278. The highest BCUT2D eigenvalue weighted by Crippen LogP contribution is 2.31. The van der Waals surface area contributed by atoms with Crippen LogP contribution in [0.3, 0.4) is 0 Å². The summed E-state index contributed by atoms with van der Waals surface area (Å²) in [6.07, 6.45) is 4.85. The van der Waals surface area contributed by atoms with Gasteiger partial charge < -0.3 is 0 Å². The summed E-state index contributed by atoms with van der Waals surface area (Å²) in [7, 11) is -3.29. The van der Waals surface area contributed by atoms with E-state index in [0.29, 0.717) is 11.8 Å². The summed E-state index contributed by atoms with van der Waals surface area (Å²) in [5.74, 6) is 1.21. The van der Waals surface area contributed by atoms with Crippen molar-refractivity contribution in [3.05, 3.63) is 0 Å². The van der Waals surface area contributed by atoms with Crippen LogP contribution in [0.1, 0.15) is 46.0 Å². The lowest BCUT2D eigenvalue weighted by Gasteiger charge is -2.28. The molecule has 0 aromatic carbocycles. The minimum Gasteiger partial charge on any atom is -0.228 e. The molecule has 3 nitrogen and oxygen atoms in total. The van der Waals surface area contributed by atoms with Gasteiger partial charge in [0.05, 0.1) is 5.25 Å². The predicted molar refractivity (Wildman–Crippen MR) is 58.3 cm³/mol. The second-order valence-corrected chi connectivity index (χ2v) is 6.72. The molecule has 2 N–H and O–H groups in total. The molecule has 0 amide bonds. The van der Waals surface area contributed by atoms with Gasteiger partial charge in [-0.25, -0.2) is 13.6 Å². The summed E-state index contributed by atoms with van der Waals surface area (Å²) >= 11 is 0. The number of hydrogen-bond acceptors (Lipinski definition) is 2. The van der Waals surface area contributed by atoms with E-state index < -0.39 is 10.0 Å². The normalized spacial score (nSPS) is 29.4. The Morgan fingerprint density at radius 2 is 2.00 bits per heavy atom. The second-order valence-electron chi connectivity index (χ2n) is 4.87. The molecule has 1 aliphatic carbocycles. The van der Waals surface area contributed by atoms with Crippen molar-refractivity contribution >= 4 is 10.0 Å². The molecule has 0 radical (unpaired) electrons. The van der Waals surface area contributed by atoms with Crippen molar-refractivity contribution in [3.63, 3.8) is 0 Å². The first-order valence-electron chi connectivity index (χ1n) is 5.41. The first-order chi connectivity index (χ1) is 6.39. The molecule has 4 heteroatoms. The van der Waals surface area contributed by atoms with Gasteiger partial charge >= 0.3 is 0 Å². The fourth-order valence-corrected chi connectivity index (χ4v) is 3.46. The van der Waals surface area contributed by atoms with Crippen molar-refractivity contribution in [3.8, 4) is 0 Å². The van der Waals surface area contributed by atoms with E-state index in [1.54, 1.807) is 0 Å². The molecule has 2 unspecified atom stereocenters. The van der Waals surface area contributed by atoms with Crippen molar-refractivity contribution in [2.75, 3.05) is 0 Å². The van der Waals surface area contributed by atoms with E-state index in [1.807, 2.05) is 0 Å². The molecule has 0 bridgehead atoms. The Bertz CT molecular complexity index is 272. The van der Waals surface area contributed by atoms with Gasteiger partial charge in [-0.1, -0.05) is 26.7 Å². The van der Waals surface area contributed by atoms with Crippen LogP contribution in [0.4, 0.5) is 0 Å². The Morgan fingerprint density at radius 3 is 2.50 bits per heavy atom. The third kappa shape index (κ3) is 3.58. The molecule has 1 aliphatic rings. The van der Waals surface area contributed by atoms with Crippen LogP contribution in [0.15, 0.2) is 0 Å². The van der Waals surface area contributed by atoms with Gasteiger partial charge in [-0.2, -0.15) is 0 Å². The van der Waals surface area contributed by atoms with Crippen molar-refractivity contribution in [2.24, 2.45) is 17.0 Å². The quantitative estimate of drug-likeness (QED) is 0.788. The lowest BCUT2D eigenvalue weighted by atomic mass is 9.83. The van der Waals surface area contributed by atoms with Crippen LogP contribution in [0.5, 0.6) is 0 Å². The minimum atomic E-state index is -3.29. The van der Waals surface area contributed by atoms with Crippen LogP contribution >= 0.6 is 0 Å². The van der Waals surface area contributed by atoms with E-state index in [4.69, 9.17) is 5.14 Å². The molecule has 14 heavy (non-hydrogen) atoms. The van der Waals surface area contributed by atoms with Crippen LogP contribution in [0.25, 0.3) is 0 Å². The standard InChI is InChI=1S/C10H21NO2S/c1-8(2)6-9-4-3-5-10(7-9)14(11,12)13/h8-10H,3-7H2,1-2H3,(H2,11,12,13). The number of sulfonamides is 1. The van der Waals surface area contributed by atoms with E-state index in [2.05, 4.69) is 13.8 Å². The highest BCUT2D eigenvalue weighted by molar-refractivity contribution is 7.89. The maximum absolute atomic E-state index is 11.2. The Morgan fingerprint density at radius 1 is 1.36 bits per heavy atom. The topological polar surface area (TPSA) is 60.2 Å². The lowest BCUT2D eigenvalue weighted by Crippen LogP contribution is -2.33. The molecule has 0 saturated heterocycles. The number of primary sulfonamides is 1. The zero-order valence-corrected chi connectivity index (χ0v) is 9.89. The fourth-order valence-electron chi connectivity index (χ4n) is 2.42. The highest BCUT2D eigenvalue weighted by Gasteiger charge is 2.29. The Balaban J connectivity index is 2.52. The SMILES string of the molecule is CC(C)CC1CCCC(S(N)(=O)=O)C1. The van der Waals surface area contributed by atoms with Crippen molar-refractivity contribution in [1.82, 2.24) is 0 Å². The third-order valence-electron chi connectivity index (χ3n) is 3.00. The Kier molecular flexibility index (Phi) is 3.95. The van der Waals surface area contributed by atoms with E-state index in [0.717, 1.165) is 25.7 Å². The zero-order chi connectivity index (χ0) is 10.8. The smallest absolute Gasteiger partial charge is 0.211 e. The molecular formula is C10H21NO2S. The van der Waals surface area contributed by atoms with Gasteiger partial charge in [0.25, 0.3) is 0 Å². The van der Waals surface area contributed by atoms with Gasteiger partial charge in [-0.05, 0) is 31.1 Å². The maximum Gasteiger partial charge on any atom is 0.211 e. The van der Waals surface area contributed by atoms with E-state index in [9.17, 15) is 8.42 Å². The summed E-state index contributed by atoms with van der Waals surface area (Å²) in [6.45, 7) is 4.36. The van der Waals surface area contributed by atoms with Crippen molar-refractivity contribution in [2.45, 2.75) is 51.2 Å². The molecule has 0 heterocycles. The number of rotatable bonds is 3. The first kappa shape index (κ1) is 12.0. The predicted octanol–water partition coefficient (Wildman–Crippen LogP) is 1.88. The van der Waals surface area contributed by atoms with E-state index in [1.165, 1.54) is 6.42 Å². The molecule has 0 aliphatic heterocycles. The summed E-state index contributed by atoms with van der Waals surface area (Å²) in [5, 5.41) is 4.90. The third-order valence-corrected chi connectivity index (χ3v) is 4.36. The molecule has 84 valence electrons. The van der Waals surface area contributed by atoms with E-state index in [-0.39, 0.29) is 5.25 Å².